The van der Waals surface area contributed by atoms with E-state index < -0.39 is 0 Å². The number of hydrogen-bond donors (Lipinski definition) is 1. The molecule has 0 atom stereocenters. The summed E-state index contributed by atoms with van der Waals surface area (Å²) in [5.74, 6) is 0.809. The monoisotopic (exact) mass is 256 g/mol. The number of nitriles is 1. The fourth-order valence-electron chi connectivity index (χ4n) is 1.43. The van der Waals surface area contributed by atoms with Crippen LogP contribution in [0.1, 0.15) is 4.88 Å². The first kappa shape index (κ1) is 12.2. The van der Waals surface area contributed by atoms with Gasteiger partial charge in [-0.25, -0.2) is 0 Å². The molecule has 0 saturated heterocycles. The van der Waals surface area contributed by atoms with Crippen LogP contribution in [0.4, 0.5) is 5.69 Å². The lowest BCUT2D eigenvalue weighted by atomic mass is 10.2. The van der Waals surface area contributed by atoms with Gasteiger partial charge in [-0.05, 0) is 35.7 Å². The Kier molecular flexibility index (Phi) is 4.00. The Morgan fingerprint density at radius 1 is 1.33 bits per heavy atom. The number of anilines is 1. The number of thiophene rings is 1. The molecule has 0 aliphatic rings. The van der Waals surface area contributed by atoms with Crippen LogP contribution in [-0.4, -0.2) is 7.11 Å². The lowest BCUT2D eigenvalue weighted by molar-refractivity contribution is 0.415. The Morgan fingerprint density at radius 3 is 2.67 bits per heavy atom. The number of ether oxygens (including phenoxy) is 1. The van der Waals surface area contributed by atoms with E-state index in [1.807, 2.05) is 41.8 Å². The molecule has 0 saturated carbocycles. The second-order valence-electron chi connectivity index (χ2n) is 3.52. The van der Waals surface area contributed by atoms with Crippen molar-refractivity contribution in [2.24, 2.45) is 0 Å². The predicted octanol–water partition coefficient (Wildman–Crippen LogP) is 3.73. The van der Waals surface area contributed by atoms with Crippen molar-refractivity contribution in [3.8, 4) is 11.8 Å². The van der Waals surface area contributed by atoms with E-state index in [9.17, 15) is 0 Å². The molecule has 1 aromatic heterocycles. The average Bonchev–Trinajstić information content (AvgIpc) is 2.94. The third-order valence-corrected chi connectivity index (χ3v) is 3.28. The standard InChI is InChI=1S/C14H12N2OS/c1-17-13-6-4-12(5-7-13)16-10-11(9-15)14-3-2-8-18-14/h2-8,10,16H,1H3/b11-10+. The second-order valence-corrected chi connectivity index (χ2v) is 4.47. The number of benzene rings is 1. The van der Waals surface area contributed by atoms with Crippen LogP contribution in [0.2, 0.25) is 0 Å². The highest BCUT2D eigenvalue weighted by molar-refractivity contribution is 7.11. The van der Waals surface area contributed by atoms with Crippen LogP contribution in [0.5, 0.6) is 5.75 Å². The number of rotatable bonds is 4. The van der Waals surface area contributed by atoms with Crippen LogP contribution in [0.15, 0.2) is 48.0 Å². The molecule has 0 bridgehead atoms. The van der Waals surface area contributed by atoms with Crippen molar-refractivity contribution in [1.82, 2.24) is 0 Å². The summed E-state index contributed by atoms with van der Waals surface area (Å²) in [6.45, 7) is 0. The van der Waals surface area contributed by atoms with Gasteiger partial charge in [-0.2, -0.15) is 5.26 Å². The van der Waals surface area contributed by atoms with E-state index in [4.69, 9.17) is 10.00 Å². The number of methoxy groups -OCH3 is 1. The van der Waals surface area contributed by atoms with Crippen LogP contribution in [0.25, 0.3) is 5.57 Å². The molecule has 0 fully saturated rings. The topological polar surface area (TPSA) is 45.0 Å². The molecule has 4 heteroatoms. The van der Waals surface area contributed by atoms with Gasteiger partial charge in [-0.15, -0.1) is 11.3 Å². The fraction of sp³-hybridized carbons (Fsp3) is 0.0714. The van der Waals surface area contributed by atoms with Crippen molar-refractivity contribution in [1.29, 1.82) is 5.26 Å². The molecule has 90 valence electrons. The lowest BCUT2D eigenvalue weighted by Gasteiger charge is -2.03. The van der Waals surface area contributed by atoms with E-state index in [1.165, 1.54) is 0 Å². The Hall–Kier alpha value is -2.25. The first-order chi connectivity index (χ1) is 8.83. The minimum atomic E-state index is 0.626. The highest BCUT2D eigenvalue weighted by atomic mass is 32.1. The smallest absolute Gasteiger partial charge is 0.119 e. The largest absolute Gasteiger partial charge is 0.497 e. The molecule has 2 aromatic rings. The zero-order valence-corrected chi connectivity index (χ0v) is 10.7. The first-order valence-electron chi connectivity index (χ1n) is 5.38. The van der Waals surface area contributed by atoms with Crippen LogP contribution in [0, 0.1) is 11.3 Å². The molecule has 2 rings (SSSR count). The van der Waals surface area contributed by atoms with Crippen LogP contribution in [0.3, 0.4) is 0 Å². The highest BCUT2D eigenvalue weighted by Crippen LogP contribution is 2.20. The van der Waals surface area contributed by atoms with Crippen molar-refractivity contribution in [2.75, 3.05) is 12.4 Å². The minimum absolute atomic E-state index is 0.626. The van der Waals surface area contributed by atoms with Crippen molar-refractivity contribution >= 4 is 22.6 Å². The van der Waals surface area contributed by atoms with Gasteiger partial charge in [0.25, 0.3) is 0 Å². The maximum absolute atomic E-state index is 9.09. The van der Waals surface area contributed by atoms with Crippen molar-refractivity contribution < 1.29 is 4.74 Å². The van der Waals surface area contributed by atoms with E-state index in [2.05, 4.69) is 11.4 Å². The lowest BCUT2D eigenvalue weighted by Crippen LogP contribution is -1.90. The van der Waals surface area contributed by atoms with Crippen molar-refractivity contribution in [3.63, 3.8) is 0 Å². The third kappa shape index (κ3) is 2.90. The molecule has 1 aromatic carbocycles. The van der Waals surface area contributed by atoms with Gasteiger partial charge in [0.2, 0.25) is 0 Å². The summed E-state index contributed by atoms with van der Waals surface area (Å²) in [4.78, 5) is 0.957. The number of hydrogen-bond acceptors (Lipinski definition) is 4. The summed E-state index contributed by atoms with van der Waals surface area (Å²) < 4.78 is 5.08. The summed E-state index contributed by atoms with van der Waals surface area (Å²) in [7, 11) is 1.63. The fourth-order valence-corrected chi connectivity index (χ4v) is 2.13. The molecule has 1 N–H and O–H groups in total. The van der Waals surface area contributed by atoms with Crippen LogP contribution >= 0.6 is 11.3 Å². The third-order valence-electron chi connectivity index (χ3n) is 2.38. The maximum atomic E-state index is 9.09. The van der Waals surface area contributed by atoms with Gasteiger partial charge < -0.3 is 10.1 Å². The summed E-state index contributed by atoms with van der Waals surface area (Å²) >= 11 is 1.55. The highest BCUT2D eigenvalue weighted by Gasteiger charge is 2.00. The molecule has 1 heterocycles. The average molecular weight is 256 g/mol. The van der Waals surface area contributed by atoms with Gasteiger partial charge in [-0.3, -0.25) is 0 Å². The van der Waals surface area contributed by atoms with Crippen LogP contribution in [-0.2, 0) is 0 Å². The van der Waals surface area contributed by atoms with E-state index in [0.29, 0.717) is 5.57 Å². The van der Waals surface area contributed by atoms with E-state index in [0.717, 1.165) is 16.3 Å². The number of nitrogens with one attached hydrogen (secondary N) is 1. The Labute approximate surface area is 110 Å². The molecule has 0 aliphatic heterocycles. The molecule has 0 unspecified atom stereocenters. The van der Waals surface area contributed by atoms with Crippen molar-refractivity contribution in [3.05, 3.63) is 52.9 Å². The molecular formula is C14H12N2OS. The van der Waals surface area contributed by atoms with Gasteiger partial charge in [-0.1, -0.05) is 6.07 Å². The second kappa shape index (κ2) is 5.89. The molecule has 3 nitrogen and oxygen atoms in total. The molecule has 0 aliphatic carbocycles. The summed E-state index contributed by atoms with van der Waals surface area (Å²) in [6, 6.07) is 13.6. The molecule has 0 amide bonds. The van der Waals surface area contributed by atoms with Gasteiger partial charge in [0, 0.05) is 16.8 Å². The maximum Gasteiger partial charge on any atom is 0.119 e. The summed E-state index contributed by atoms with van der Waals surface area (Å²) in [5, 5.41) is 14.1. The van der Waals surface area contributed by atoms with E-state index in [-0.39, 0.29) is 0 Å². The minimum Gasteiger partial charge on any atom is -0.497 e. The number of nitrogens with zero attached hydrogens (tertiary/aromatic N) is 1. The molecule has 0 radical (unpaired) electrons. The normalized spacial score (nSPS) is 10.8. The Balaban J connectivity index is 2.11. The zero-order valence-electron chi connectivity index (χ0n) is 9.88. The molecular weight excluding hydrogens is 244 g/mol. The van der Waals surface area contributed by atoms with Crippen LogP contribution < -0.4 is 10.1 Å². The zero-order chi connectivity index (χ0) is 12.8. The van der Waals surface area contributed by atoms with Gasteiger partial charge in [0.1, 0.15) is 11.8 Å². The van der Waals surface area contributed by atoms with Gasteiger partial charge >= 0.3 is 0 Å². The summed E-state index contributed by atoms with van der Waals surface area (Å²) in [5.41, 5.74) is 1.54. The van der Waals surface area contributed by atoms with Gasteiger partial charge in [0.15, 0.2) is 0 Å². The Bertz CT molecular complexity index is 565. The number of allylic oxidation sites excluding steroid dienone is 1. The van der Waals surface area contributed by atoms with E-state index in [1.54, 1.807) is 24.6 Å². The quantitative estimate of drug-likeness (QED) is 0.848. The predicted molar refractivity (Wildman–Crippen MR) is 74.5 cm³/mol. The SMILES string of the molecule is COc1ccc(N/C=C(\C#N)c2cccs2)cc1. The van der Waals surface area contributed by atoms with Crippen molar-refractivity contribution in [2.45, 2.75) is 0 Å². The molecule has 0 spiro atoms. The summed E-state index contributed by atoms with van der Waals surface area (Å²) in [6.07, 6.45) is 1.72. The first-order valence-corrected chi connectivity index (χ1v) is 6.26. The van der Waals surface area contributed by atoms with E-state index >= 15 is 0 Å². The molecule has 18 heavy (non-hydrogen) atoms. The Morgan fingerprint density at radius 2 is 2.11 bits per heavy atom. The van der Waals surface area contributed by atoms with Gasteiger partial charge in [0.05, 0.1) is 12.7 Å².